The first-order chi connectivity index (χ1) is 8.00. The summed E-state index contributed by atoms with van der Waals surface area (Å²) in [6.45, 7) is 3.52. The van der Waals surface area contributed by atoms with Crippen LogP contribution in [0.2, 0.25) is 0 Å². The third-order valence-corrected chi connectivity index (χ3v) is 3.81. The van der Waals surface area contributed by atoms with Gasteiger partial charge in [-0.2, -0.15) is 0 Å². The molecule has 1 unspecified atom stereocenters. The molecule has 3 nitrogen and oxygen atoms in total. The van der Waals surface area contributed by atoms with Gasteiger partial charge in [0.2, 0.25) is 5.91 Å². The van der Waals surface area contributed by atoms with Gasteiger partial charge in [0.15, 0.2) is 5.12 Å². The van der Waals surface area contributed by atoms with Gasteiger partial charge in [0.25, 0.3) is 0 Å². The van der Waals surface area contributed by atoms with E-state index in [9.17, 15) is 9.59 Å². The van der Waals surface area contributed by atoms with Gasteiger partial charge in [-0.25, -0.2) is 0 Å². The van der Waals surface area contributed by atoms with Gasteiger partial charge in [-0.05, 0) is 11.5 Å². The molecule has 0 saturated carbocycles. The Morgan fingerprint density at radius 3 is 2.35 bits per heavy atom. The number of benzene rings is 1. The predicted molar refractivity (Wildman–Crippen MR) is 70.7 cm³/mol. The molecule has 4 heteroatoms. The number of rotatable bonds is 5. The molecule has 0 bridgehead atoms. The summed E-state index contributed by atoms with van der Waals surface area (Å²) in [5.41, 5.74) is 6.34. The summed E-state index contributed by atoms with van der Waals surface area (Å²) in [5.74, 6) is -0.246. The summed E-state index contributed by atoms with van der Waals surface area (Å²) in [6.07, 6.45) is 0.223. The van der Waals surface area contributed by atoms with E-state index in [1.807, 2.05) is 37.3 Å². The van der Waals surface area contributed by atoms with Gasteiger partial charge >= 0.3 is 0 Å². The van der Waals surface area contributed by atoms with Crippen LogP contribution in [0.15, 0.2) is 30.3 Å². The van der Waals surface area contributed by atoms with Crippen molar-refractivity contribution < 1.29 is 9.59 Å². The van der Waals surface area contributed by atoms with Crippen molar-refractivity contribution in [2.75, 3.05) is 0 Å². The zero-order valence-electron chi connectivity index (χ0n) is 10.1. The van der Waals surface area contributed by atoms with Crippen molar-refractivity contribution in [3.05, 3.63) is 35.9 Å². The van der Waals surface area contributed by atoms with Gasteiger partial charge in [0.1, 0.15) is 0 Å². The molecule has 2 N–H and O–H groups in total. The molecule has 0 aliphatic carbocycles. The second-order valence-electron chi connectivity index (χ2n) is 4.02. The second kappa shape index (κ2) is 6.45. The average Bonchev–Trinajstić information content (AvgIpc) is 2.27. The highest BCUT2D eigenvalue weighted by Gasteiger charge is 2.23. The van der Waals surface area contributed by atoms with E-state index < -0.39 is 0 Å². The number of hydrogen-bond acceptors (Lipinski definition) is 3. The number of amides is 1. The molecular formula is C13H17NO2S. The van der Waals surface area contributed by atoms with Crippen LogP contribution in [0.4, 0.5) is 0 Å². The van der Waals surface area contributed by atoms with Crippen molar-refractivity contribution in [3.63, 3.8) is 0 Å². The van der Waals surface area contributed by atoms with Gasteiger partial charge in [-0.3, -0.25) is 9.59 Å². The monoisotopic (exact) mass is 251 g/mol. The van der Waals surface area contributed by atoms with Crippen molar-refractivity contribution in [3.8, 4) is 0 Å². The molecule has 0 aliphatic heterocycles. The SMILES string of the molecule is CC(=O)SC(CC(N)=O)[C@H](C)c1ccccc1. The van der Waals surface area contributed by atoms with Crippen LogP contribution in [0.5, 0.6) is 0 Å². The molecule has 1 aromatic carbocycles. The van der Waals surface area contributed by atoms with Crippen molar-refractivity contribution in [1.29, 1.82) is 0 Å². The fourth-order valence-corrected chi connectivity index (χ4v) is 2.74. The molecule has 0 aromatic heterocycles. The molecule has 1 aromatic rings. The maximum absolute atomic E-state index is 11.2. The van der Waals surface area contributed by atoms with Gasteiger partial charge in [0, 0.05) is 18.6 Å². The Hall–Kier alpha value is -1.29. The van der Waals surface area contributed by atoms with Gasteiger partial charge in [-0.15, -0.1) is 0 Å². The first-order valence-electron chi connectivity index (χ1n) is 5.51. The summed E-state index contributed by atoms with van der Waals surface area (Å²) in [7, 11) is 0. The molecular weight excluding hydrogens is 234 g/mol. The molecule has 17 heavy (non-hydrogen) atoms. The summed E-state index contributed by atoms with van der Waals surface area (Å²) in [4.78, 5) is 22.2. The van der Waals surface area contributed by atoms with Crippen LogP contribution < -0.4 is 5.73 Å². The molecule has 92 valence electrons. The third-order valence-electron chi connectivity index (χ3n) is 2.60. The molecule has 0 heterocycles. The molecule has 0 radical (unpaired) electrons. The van der Waals surface area contributed by atoms with Crippen molar-refractivity contribution in [1.82, 2.24) is 0 Å². The van der Waals surface area contributed by atoms with Crippen LogP contribution >= 0.6 is 11.8 Å². The van der Waals surface area contributed by atoms with Crippen LogP contribution in [0.1, 0.15) is 31.7 Å². The Balaban J connectivity index is 2.82. The lowest BCUT2D eigenvalue weighted by Crippen LogP contribution is -2.23. The molecule has 0 aliphatic rings. The molecule has 1 rings (SSSR count). The molecule has 0 saturated heterocycles. The largest absolute Gasteiger partial charge is 0.370 e. The van der Waals surface area contributed by atoms with Crippen molar-refractivity contribution >= 4 is 22.8 Å². The molecule has 0 spiro atoms. The zero-order valence-corrected chi connectivity index (χ0v) is 10.9. The summed E-state index contributed by atoms with van der Waals surface area (Å²) in [6, 6.07) is 9.84. The van der Waals surface area contributed by atoms with Crippen LogP contribution in [-0.4, -0.2) is 16.3 Å². The van der Waals surface area contributed by atoms with E-state index in [0.29, 0.717) is 0 Å². The van der Waals surface area contributed by atoms with E-state index in [2.05, 4.69) is 0 Å². The molecule has 2 atom stereocenters. The smallest absolute Gasteiger partial charge is 0.218 e. The highest BCUT2D eigenvalue weighted by molar-refractivity contribution is 8.14. The minimum atomic E-state index is -0.369. The minimum absolute atomic E-state index is 0.0130. The van der Waals surface area contributed by atoms with Gasteiger partial charge in [0.05, 0.1) is 0 Å². The highest BCUT2D eigenvalue weighted by atomic mass is 32.2. The zero-order chi connectivity index (χ0) is 12.8. The Morgan fingerprint density at radius 1 is 1.29 bits per heavy atom. The average molecular weight is 251 g/mol. The molecule has 1 amide bonds. The lowest BCUT2D eigenvalue weighted by molar-refractivity contribution is -0.118. The number of hydrogen-bond donors (Lipinski definition) is 1. The predicted octanol–water partition coefficient (Wildman–Crippen LogP) is 2.31. The van der Waals surface area contributed by atoms with E-state index in [4.69, 9.17) is 5.73 Å². The summed E-state index contributed by atoms with van der Waals surface area (Å²) >= 11 is 1.19. The Labute approximate surface area is 106 Å². The Bertz CT molecular complexity index is 376. The first-order valence-corrected chi connectivity index (χ1v) is 6.39. The maximum atomic E-state index is 11.2. The topological polar surface area (TPSA) is 60.2 Å². The second-order valence-corrected chi connectivity index (χ2v) is 5.43. The van der Waals surface area contributed by atoms with Gasteiger partial charge < -0.3 is 5.73 Å². The Morgan fingerprint density at radius 2 is 1.88 bits per heavy atom. The summed E-state index contributed by atoms with van der Waals surface area (Å²) in [5, 5.41) is -0.0774. The number of nitrogens with two attached hydrogens (primary N) is 1. The lowest BCUT2D eigenvalue weighted by Gasteiger charge is -2.21. The number of thioether (sulfide) groups is 1. The lowest BCUT2D eigenvalue weighted by atomic mass is 9.95. The van der Waals surface area contributed by atoms with E-state index in [0.717, 1.165) is 5.56 Å². The fourth-order valence-electron chi connectivity index (χ4n) is 1.70. The Kier molecular flexibility index (Phi) is 5.22. The number of carbonyl (C=O) groups excluding carboxylic acids is 2. The number of carbonyl (C=O) groups is 2. The van der Waals surface area contributed by atoms with Crippen LogP contribution in [0, 0.1) is 0 Å². The first kappa shape index (κ1) is 13.8. The minimum Gasteiger partial charge on any atom is -0.370 e. The van der Waals surface area contributed by atoms with Crippen LogP contribution in [-0.2, 0) is 9.59 Å². The molecule has 0 fully saturated rings. The quantitative estimate of drug-likeness (QED) is 0.873. The number of primary amides is 1. The van der Waals surface area contributed by atoms with Crippen LogP contribution in [0.3, 0.4) is 0 Å². The van der Waals surface area contributed by atoms with Crippen molar-refractivity contribution in [2.24, 2.45) is 5.73 Å². The maximum Gasteiger partial charge on any atom is 0.218 e. The standard InChI is InChI=1S/C13H17NO2S/c1-9(11-6-4-3-5-7-11)12(8-13(14)16)17-10(2)15/h3-7,9,12H,8H2,1-2H3,(H2,14,16)/t9-,12?/m1/s1. The van der Waals surface area contributed by atoms with Crippen molar-refractivity contribution in [2.45, 2.75) is 31.4 Å². The highest BCUT2D eigenvalue weighted by Crippen LogP contribution is 2.30. The van der Waals surface area contributed by atoms with E-state index in [-0.39, 0.29) is 28.6 Å². The summed E-state index contributed by atoms with van der Waals surface area (Å²) < 4.78 is 0. The van der Waals surface area contributed by atoms with E-state index in [1.54, 1.807) is 0 Å². The van der Waals surface area contributed by atoms with Gasteiger partial charge in [-0.1, -0.05) is 49.0 Å². The fraction of sp³-hybridized carbons (Fsp3) is 0.385. The normalized spacial score (nSPS) is 14.0. The van der Waals surface area contributed by atoms with E-state index in [1.165, 1.54) is 18.7 Å². The van der Waals surface area contributed by atoms with Crippen LogP contribution in [0.25, 0.3) is 0 Å². The third kappa shape index (κ3) is 4.61. The van der Waals surface area contributed by atoms with E-state index >= 15 is 0 Å².